The monoisotopic (exact) mass is 265 g/mol. The second-order valence-electron chi connectivity index (χ2n) is 6.93. The molecule has 2 heteroatoms. The van der Waals surface area contributed by atoms with Crippen LogP contribution in [0.25, 0.3) is 0 Å². The summed E-state index contributed by atoms with van der Waals surface area (Å²) in [6.45, 7) is 9.15. The molecule has 1 N–H and O–H groups in total. The quantitative estimate of drug-likeness (QED) is 0.803. The molecule has 0 aliphatic rings. The standard InChI is InChI=1S/C17H28FN/c1-13(12-17(2,3)4)9-16(19-5)11-14-7-6-8-15(18)10-14/h6-8,10,13,16,19H,9,11-12H2,1-5H3. The van der Waals surface area contributed by atoms with Crippen LogP contribution in [0.5, 0.6) is 0 Å². The van der Waals surface area contributed by atoms with Gasteiger partial charge in [0.2, 0.25) is 0 Å². The predicted molar refractivity (Wildman–Crippen MR) is 80.8 cm³/mol. The average molecular weight is 265 g/mol. The van der Waals surface area contributed by atoms with Gasteiger partial charge in [0.1, 0.15) is 5.82 Å². The molecule has 1 aromatic carbocycles. The molecular formula is C17H28FN. The van der Waals surface area contributed by atoms with E-state index in [9.17, 15) is 4.39 Å². The van der Waals surface area contributed by atoms with Crippen LogP contribution >= 0.6 is 0 Å². The SMILES string of the molecule is CNC(Cc1cccc(F)c1)CC(C)CC(C)(C)C. The molecule has 0 spiro atoms. The lowest BCUT2D eigenvalue weighted by molar-refractivity contribution is 0.277. The first-order valence-corrected chi connectivity index (χ1v) is 7.22. The van der Waals surface area contributed by atoms with Crippen molar-refractivity contribution in [1.82, 2.24) is 5.32 Å². The third-order valence-corrected chi connectivity index (χ3v) is 3.43. The van der Waals surface area contributed by atoms with Crippen molar-refractivity contribution in [2.24, 2.45) is 11.3 Å². The van der Waals surface area contributed by atoms with Gasteiger partial charge >= 0.3 is 0 Å². The highest BCUT2D eigenvalue weighted by Gasteiger charge is 2.18. The van der Waals surface area contributed by atoms with Gasteiger partial charge in [0.25, 0.3) is 0 Å². The number of rotatable bonds is 6. The Morgan fingerprint density at radius 2 is 1.95 bits per heavy atom. The topological polar surface area (TPSA) is 12.0 Å². The van der Waals surface area contributed by atoms with Gasteiger partial charge in [-0.15, -0.1) is 0 Å². The highest BCUT2D eigenvalue weighted by atomic mass is 19.1. The second kappa shape index (κ2) is 7.04. The largest absolute Gasteiger partial charge is 0.317 e. The van der Waals surface area contributed by atoms with Crippen LogP contribution in [-0.2, 0) is 6.42 Å². The Kier molecular flexibility index (Phi) is 5.99. The van der Waals surface area contributed by atoms with Gasteiger partial charge in [0.05, 0.1) is 0 Å². The molecular weight excluding hydrogens is 237 g/mol. The third kappa shape index (κ3) is 6.72. The fraction of sp³-hybridized carbons (Fsp3) is 0.647. The molecule has 1 nitrogen and oxygen atoms in total. The normalized spacial score (nSPS) is 15.3. The van der Waals surface area contributed by atoms with Crippen molar-refractivity contribution in [3.05, 3.63) is 35.6 Å². The van der Waals surface area contributed by atoms with Crippen LogP contribution in [0, 0.1) is 17.2 Å². The summed E-state index contributed by atoms with van der Waals surface area (Å²) in [5.74, 6) is 0.529. The zero-order valence-electron chi connectivity index (χ0n) is 13.0. The molecule has 0 fully saturated rings. The van der Waals surface area contributed by atoms with E-state index in [-0.39, 0.29) is 5.82 Å². The van der Waals surface area contributed by atoms with Crippen molar-refractivity contribution in [3.63, 3.8) is 0 Å². The summed E-state index contributed by atoms with van der Waals surface area (Å²) in [6.07, 6.45) is 3.24. The van der Waals surface area contributed by atoms with Gasteiger partial charge in [0.15, 0.2) is 0 Å². The first-order chi connectivity index (χ1) is 8.80. The number of hydrogen-bond acceptors (Lipinski definition) is 1. The summed E-state index contributed by atoms with van der Waals surface area (Å²) in [5.41, 5.74) is 1.44. The summed E-state index contributed by atoms with van der Waals surface area (Å²) in [5, 5.41) is 3.36. The van der Waals surface area contributed by atoms with Crippen LogP contribution in [0.1, 0.15) is 46.1 Å². The van der Waals surface area contributed by atoms with E-state index in [1.807, 2.05) is 13.1 Å². The van der Waals surface area contributed by atoms with E-state index in [4.69, 9.17) is 0 Å². The smallest absolute Gasteiger partial charge is 0.123 e. The Bertz CT molecular complexity index is 381. The highest BCUT2D eigenvalue weighted by Crippen LogP contribution is 2.27. The molecule has 108 valence electrons. The van der Waals surface area contributed by atoms with Gasteiger partial charge in [-0.25, -0.2) is 4.39 Å². The minimum atomic E-state index is -0.143. The minimum absolute atomic E-state index is 0.143. The predicted octanol–water partition coefficient (Wildman–Crippen LogP) is 4.42. The van der Waals surface area contributed by atoms with Gasteiger partial charge < -0.3 is 5.32 Å². The Labute approximate surface area is 117 Å². The Morgan fingerprint density at radius 1 is 1.26 bits per heavy atom. The molecule has 0 saturated carbocycles. The van der Waals surface area contributed by atoms with Crippen molar-refractivity contribution < 1.29 is 4.39 Å². The van der Waals surface area contributed by atoms with Gasteiger partial charge in [0, 0.05) is 6.04 Å². The first-order valence-electron chi connectivity index (χ1n) is 7.22. The zero-order chi connectivity index (χ0) is 14.5. The van der Waals surface area contributed by atoms with Crippen LogP contribution in [-0.4, -0.2) is 13.1 Å². The molecule has 1 aromatic rings. The maximum Gasteiger partial charge on any atom is 0.123 e. The summed E-state index contributed by atoms with van der Waals surface area (Å²) in [7, 11) is 1.99. The molecule has 2 atom stereocenters. The van der Waals surface area contributed by atoms with Gasteiger partial charge in [-0.2, -0.15) is 0 Å². The fourth-order valence-corrected chi connectivity index (χ4v) is 2.87. The Hall–Kier alpha value is -0.890. The molecule has 0 saturated heterocycles. The molecule has 0 aliphatic carbocycles. The van der Waals surface area contributed by atoms with Crippen molar-refractivity contribution in [3.8, 4) is 0 Å². The maximum atomic E-state index is 13.2. The van der Waals surface area contributed by atoms with Crippen LogP contribution in [0.2, 0.25) is 0 Å². The van der Waals surface area contributed by atoms with E-state index in [2.05, 4.69) is 33.0 Å². The maximum absolute atomic E-state index is 13.2. The Balaban J connectivity index is 2.54. The molecule has 19 heavy (non-hydrogen) atoms. The number of hydrogen-bond donors (Lipinski definition) is 1. The molecule has 0 bridgehead atoms. The van der Waals surface area contributed by atoms with Gasteiger partial charge in [-0.3, -0.25) is 0 Å². The third-order valence-electron chi connectivity index (χ3n) is 3.43. The number of benzene rings is 1. The molecule has 0 radical (unpaired) electrons. The molecule has 1 rings (SSSR count). The summed E-state index contributed by atoms with van der Waals surface area (Å²) < 4.78 is 13.2. The van der Waals surface area contributed by atoms with E-state index >= 15 is 0 Å². The summed E-state index contributed by atoms with van der Waals surface area (Å²) >= 11 is 0. The van der Waals surface area contributed by atoms with Crippen LogP contribution < -0.4 is 5.32 Å². The number of halogens is 1. The van der Waals surface area contributed by atoms with Crippen molar-refractivity contribution in [2.75, 3.05) is 7.05 Å². The summed E-state index contributed by atoms with van der Waals surface area (Å²) in [6, 6.07) is 7.34. The van der Waals surface area contributed by atoms with Gasteiger partial charge in [-0.05, 0) is 55.3 Å². The lowest BCUT2D eigenvalue weighted by Crippen LogP contribution is -2.30. The van der Waals surface area contributed by atoms with Crippen molar-refractivity contribution >= 4 is 0 Å². The molecule has 0 aromatic heterocycles. The second-order valence-corrected chi connectivity index (χ2v) is 6.93. The van der Waals surface area contributed by atoms with E-state index in [0.29, 0.717) is 17.4 Å². The molecule has 0 amide bonds. The van der Waals surface area contributed by atoms with E-state index < -0.39 is 0 Å². The van der Waals surface area contributed by atoms with Crippen LogP contribution in [0.3, 0.4) is 0 Å². The van der Waals surface area contributed by atoms with E-state index in [1.165, 1.54) is 12.5 Å². The highest BCUT2D eigenvalue weighted by molar-refractivity contribution is 5.17. The van der Waals surface area contributed by atoms with Gasteiger partial charge in [-0.1, -0.05) is 39.8 Å². The summed E-state index contributed by atoms with van der Waals surface area (Å²) in [4.78, 5) is 0. The van der Waals surface area contributed by atoms with Crippen molar-refractivity contribution in [2.45, 2.75) is 53.0 Å². The average Bonchev–Trinajstić information content (AvgIpc) is 2.25. The van der Waals surface area contributed by atoms with Crippen LogP contribution in [0.4, 0.5) is 4.39 Å². The number of nitrogens with one attached hydrogen (secondary N) is 1. The zero-order valence-corrected chi connectivity index (χ0v) is 13.0. The fourth-order valence-electron chi connectivity index (χ4n) is 2.87. The van der Waals surface area contributed by atoms with E-state index in [1.54, 1.807) is 12.1 Å². The lowest BCUT2D eigenvalue weighted by atomic mass is 9.82. The van der Waals surface area contributed by atoms with Crippen LogP contribution in [0.15, 0.2) is 24.3 Å². The molecule has 2 unspecified atom stereocenters. The minimum Gasteiger partial charge on any atom is -0.317 e. The Morgan fingerprint density at radius 3 is 2.47 bits per heavy atom. The molecule has 0 aliphatic heterocycles. The first kappa shape index (κ1) is 16.2. The molecule has 0 heterocycles. The van der Waals surface area contributed by atoms with E-state index in [0.717, 1.165) is 18.4 Å². The number of likely N-dealkylation sites (N-methyl/N-ethyl adjacent to an activating group) is 1. The van der Waals surface area contributed by atoms with Crippen molar-refractivity contribution in [1.29, 1.82) is 0 Å². The lowest BCUT2D eigenvalue weighted by Gasteiger charge is -2.26.